The molecule has 2 rings (SSSR count). The van der Waals surface area contributed by atoms with Crippen LogP contribution in [0.1, 0.15) is 5.56 Å². The number of amides is 1. The minimum atomic E-state index is -0.378. The molecule has 0 aliphatic carbocycles. The van der Waals surface area contributed by atoms with Crippen LogP contribution < -0.4 is 0 Å². The van der Waals surface area contributed by atoms with Gasteiger partial charge < -0.3 is 10.2 Å². The molecule has 21 heavy (non-hydrogen) atoms. The number of thiocarbonyl (C=S) groups is 1. The lowest BCUT2D eigenvalue weighted by molar-refractivity contribution is -0.191. The van der Waals surface area contributed by atoms with E-state index in [9.17, 15) is 15.0 Å². The van der Waals surface area contributed by atoms with Gasteiger partial charge in [0, 0.05) is 7.05 Å². The second-order valence-corrected chi connectivity index (χ2v) is 5.78. The van der Waals surface area contributed by atoms with Gasteiger partial charge in [-0.3, -0.25) is 9.69 Å². The quantitative estimate of drug-likeness (QED) is 0.456. The average molecular weight is 346 g/mol. The van der Waals surface area contributed by atoms with Gasteiger partial charge in [0.2, 0.25) is 0 Å². The Kier molecular flexibility index (Phi) is 5.92. The molecule has 0 atom stereocenters. The van der Waals surface area contributed by atoms with E-state index in [2.05, 4.69) is 0 Å². The third-order valence-corrected chi connectivity index (χ3v) is 4.12. The molecule has 0 radical (unpaired) electrons. The van der Waals surface area contributed by atoms with E-state index >= 15 is 0 Å². The van der Waals surface area contributed by atoms with E-state index in [-0.39, 0.29) is 28.6 Å². The molecule has 1 aliphatic heterocycles. The zero-order valence-corrected chi connectivity index (χ0v) is 12.9. The van der Waals surface area contributed by atoms with E-state index in [4.69, 9.17) is 33.4 Å². The molecule has 9 heteroatoms. The third kappa shape index (κ3) is 4.05. The molecule has 0 aromatic heterocycles. The van der Waals surface area contributed by atoms with Crippen molar-refractivity contribution in [1.29, 1.82) is 0 Å². The first-order valence-corrected chi connectivity index (χ1v) is 6.84. The molecule has 110 valence electrons. The minimum Gasteiger partial charge on any atom is -0.504 e. The summed E-state index contributed by atoms with van der Waals surface area (Å²) in [5, 5.41) is 18.8. The van der Waals surface area contributed by atoms with Crippen molar-refractivity contribution >= 4 is 58.0 Å². The summed E-state index contributed by atoms with van der Waals surface area (Å²) in [6.07, 6.45) is 1.81. The van der Waals surface area contributed by atoms with Crippen molar-refractivity contribution in [1.82, 2.24) is 4.90 Å². The predicted molar refractivity (Wildman–Crippen MR) is 80.7 cm³/mol. The number of phenolic OH excluding ortho intramolecular Hbond substituents is 2. The zero-order chi connectivity index (χ0) is 16.2. The molecule has 1 aromatic carbocycles. The summed E-state index contributed by atoms with van der Waals surface area (Å²) in [4.78, 5) is 29.8. The Hall–Kier alpha value is -1.86. The summed E-state index contributed by atoms with van der Waals surface area (Å²) in [6, 6.07) is 2.78. The van der Waals surface area contributed by atoms with E-state index in [0.717, 1.165) is 0 Å². The first-order chi connectivity index (χ1) is 9.81. The van der Waals surface area contributed by atoms with E-state index < -0.39 is 0 Å². The van der Waals surface area contributed by atoms with E-state index in [0.29, 0.717) is 14.8 Å². The number of thioether (sulfide) groups is 1. The summed E-state index contributed by atoms with van der Waals surface area (Å²) >= 11 is 11.9. The van der Waals surface area contributed by atoms with Gasteiger partial charge in [-0.05, 0) is 23.8 Å². The van der Waals surface area contributed by atoms with Crippen LogP contribution >= 0.6 is 35.6 Å². The fourth-order valence-electron chi connectivity index (χ4n) is 1.39. The number of hydrogen-bond donors (Lipinski definition) is 2. The summed E-state index contributed by atoms with van der Waals surface area (Å²) in [5.41, 5.74) is 0.518. The van der Waals surface area contributed by atoms with Crippen LogP contribution in [0.15, 0.2) is 17.0 Å². The maximum Gasteiger partial charge on any atom is 0.373 e. The van der Waals surface area contributed by atoms with Crippen molar-refractivity contribution in [2.75, 3.05) is 7.05 Å². The Labute approximate surface area is 134 Å². The molecule has 0 saturated carbocycles. The minimum absolute atomic E-state index is 0.0215. The van der Waals surface area contributed by atoms with Crippen molar-refractivity contribution in [2.45, 2.75) is 0 Å². The molecule has 1 heterocycles. The highest BCUT2D eigenvalue weighted by molar-refractivity contribution is 8.26. The number of rotatable bonds is 1. The fraction of sp³-hybridized carbons (Fsp3) is 0.0833. The van der Waals surface area contributed by atoms with Gasteiger partial charge >= 0.3 is 6.15 Å². The number of benzene rings is 1. The van der Waals surface area contributed by atoms with Crippen molar-refractivity contribution in [2.24, 2.45) is 0 Å². The number of halogens is 1. The van der Waals surface area contributed by atoms with Crippen LogP contribution in [0.2, 0.25) is 5.02 Å². The molecule has 1 amide bonds. The summed E-state index contributed by atoms with van der Waals surface area (Å²) in [7, 11) is 1.60. The molecule has 1 fully saturated rings. The van der Waals surface area contributed by atoms with Gasteiger partial charge in [-0.2, -0.15) is 9.59 Å². The lowest BCUT2D eigenvalue weighted by Crippen LogP contribution is -2.22. The highest BCUT2D eigenvalue weighted by Crippen LogP contribution is 2.37. The smallest absolute Gasteiger partial charge is 0.373 e. The highest BCUT2D eigenvalue weighted by Gasteiger charge is 2.28. The van der Waals surface area contributed by atoms with Crippen LogP contribution in [0.25, 0.3) is 6.08 Å². The van der Waals surface area contributed by atoms with Gasteiger partial charge in [-0.1, -0.05) is 35.6 Å². The van der Waals surface area contributed by atoms with Crippen LogP contribution in [0.4, 0.5) is 0 Å². The molecular weight excluding hydrogens is 338 g/mol. The Morgan fingerprint density at radius 1 is 1.38 bits per heavy atom. The number of carbonyl (C=O) groups excluding carboxylic acids is 3. The molecule has 2 N–H and O–H groups in total. The molecule has 0 unspecified atom stereocenters. The first-order valence-electron chi connectivity index (χ1n) is 5.24. The Balaban J connectivity index is 0.000000677. The average Bonchev–Trinajstić information content (AvgIpc) is 2.64. The second kappa shape index (κ2) is 7.24. The number of nitrogens with zero attached hydrogens (tertiary/aromatic N) is 1. The van der Waals surface area contributed by atoms with Gasteiger partial charge in [0.1, 0.15) is 4.32 Å². The van der Waals surface area contributed by atoms with Gasteiger partial charge in [-0.15, -0.1) is 0 Å². The molecule has 0 spiro atoms. The normalized spacial score (nSPS) is 15.7. The number of aromatic hydroxyl groups is 2. The van der Waals surface area contributed by atoms with Crippen molar-refractivity contribution in [3.63, 3.8) is 0 Å². The number of likely N-dealkylation sites (N-methyl/N-ethyl adjacent to an activating group) is 1. The van der Waals surface area contributed by atoms with E-state index in [1.165, 1.54) is 28.8 Å². The number of phenols is 2. The van der Waals surface area contributed by atoms with Gasteiger partial charge in [0.25, 0.3) is 5.91 Å². The molecule has 6 nitrogen and oxygen atoms in total. The maximum atomic E-state index is 11.8. The van der Waals surface area contributed by atoms with Gasteiger partial charge in [-0.25, -0.2) is 0 Å². The van der Waals surface area contributed by atoms with Gasteiger partial charge in [0.15, 0.2) is 11.5 Å². The van der Waals surface area contributed by atoms with Crippen LogP contribution in [0.5, 0.6) is 11.5 Å². The first kappa shape index (κ1) is 17.2. The van der Waals surface area contributed by atoms with Crippen LogP contribution in [-0.2, 0) is 14.4 Å². The molecule has 1 saturated heterocycles. The van der Waals surface area contributed by atoms with Crippen molar-refractivity contribution in [3.05, 3.63) is 27.6 Å². The Bertz CT molecular complexity index is 645. The monoisotopic (exact) mass is 345 g/mol. The maximum absolute atomic E-state index is 11.8. The summed E-state index contributed by atoms with van der Waals surface area (Å²) in [5.74, 6) is -0.911. The van der Waals surface area contributed by atoms with E-state index in [1.807, 2.05) is 0 Å². The third-order valence-electron chi connectivity index (χ3n) is 2.35. The van der Waals surface area contributed by atoms with E-state index in [1.54, 1.807) is 13.1 Å². The molecular formula is C12H8ClNO5S2. The standard InChI is InChI=1S/C11H8ClNO3S2.CO2/c1-13-10(16)8(18-11(13)17)4-5-2-6(12)9(15)7(14)3-5;2-1-3/h2-4,14-15H,1H3;/b8-4-;. The lowest BCUT2D eigenvalue weighted by Gasteiger charge is -2.04. The Morgan fingerprint density at radius 2 is 1.95 bits per heavy atom. The number of hydrogen-bond acceptors (Lipinski definition) is 7. The molecule has 0 bridgehead atoms. The second-order valence-electron chi connectivity index (χ2n) is 3.69. The largest absolute Gasteiger partial charge is 0.504 e. The van der Waals surface area contributed by atoms with Crippen LogP contribution in [0, 0.1) is 0 Å². The van der Waals surface area contributed by atoms with Crippen LogP contribution in [0.3, 0.4) is 0 Å². The highest BCUT2D eigenvalue weighted by atomic mass is 35.5. The Morgan fingerprint density at radius 3 is 2.38 bits per heavy atom. The lowest BCUT2D eigenvalue weighted by atomic mass is 10.2. The number of carbonyl (C=O) groups is 1. The summed E-state index contributed by atoms with van der Waals surface area (Å²) < 4.78 is 0.473. The summed E-state index contributed by atoms with van der Waals surface area (Å²) in [6.45, 7) is 0. The van der Waals surface area contributed by atoms with Crippen LogP contribution in [-0.4, -0.2) is 38.5 Å². The molecule has 1 aliphatic rings. The predicted octanol–water partition coefficient (Wildman–Crippen LogP) is 2.00. The van der Waals surface area contributed by atoms with Crippen molar-refractivity contribution < 1.29 is 24.6 Å². The fourth-order valence-corrected chi connectivity index (χ4v) is 2.79. The molecule has 1 aromatic rings. The van der Waals surface area contributed by atoms with Crippen molar-refractivity contribution in [3.8, 4) is 11.5 Å². The topological polar surface area (TPSA) is 94.9 Å². The van der Waals surface area contributed by atoms with Gasteiger partial charge in [0.05, 0.1) is 9.93 Å². The zero-order valence-electron chi connectivity index (χ0n) is 10.5. The SMILES string of the molecule is CN1C(=O)/C(=C/c2cc(O)c(O)c(Cl)c2)SC1=S.O=C=O.